The summed E-state index contributed by atoms with van der Waals surface area (Å²) in [7, 11) is 0. The largest absolute Gasteiger partial charge is 0.299 e. The second-order valence-corrected chi connectivity index (χ2v) is 3.90. The zero-order valence-electron chi connectivity index (χ0n) is 7.91. The van der Waals surface area contributed by atoms with Gasteiger partial charge >= 0.3 is 0 Å². The van der Waals surface area contributed by atoms with Crippen LogP contribution in [0.2, 0.25) is 5.02 Å². The van der Waals surface area contributed by atoms with Crippen LogP contribution < -0.4 is 5.56 Å². The Kier molecular flexibility index (Phi) is 2.89. The molecular weight excluding hydrogens is 251 g/mol. The number of hydrogen-bond acceptors (Lipinski definition) is 2. The first-order valence-corrected chi connectivity index (χ1v) is 5.14. The fourth-order valence-electron chi connectivity index (χ4n) is 1.28. The van der Waals surface area contributed by atoms with Crippen LogP contribution in [-0.4, -0.2) is 9.55 Å². The van der Waals surface area contributed by atoms with Gasteiger partial charge in [0.1, 0.15) is 5.82 Å². The molecule has 0 amide bonds. The van der Waals surface area contributed by atoms with Crippen molar-refractivity contribution in [3.05, 3.63) is 56.4 Å². The molecule has 1 N–H and O–H groups in total. The Hall–Kier alpha value is -1.46. The van der Waals surface area contributed by atoms with Crippen LogP contribution in [0.1, 0.15) is 0 Å². The zero-order chi connectivity index (χ0) is 11.7. The van der Waals surface area contributed by atoms with Gasteiger partial charge in [0.15, 0.2) is 4.77 Å². The quantitative estimate of drug-likeness (QED) is 0.797. The first kappa shape index (κ1) is 11.0. The number of halogens is 2. The van der Waals surface area contributed by atoms with Crippen molar-refractivity contribution in [2.45, 2.75) is 0 Å². The van der Waals surface area contributed by atoms with Crippen molar-refractivity contribution in [1.29, 1.82) is 0 Å². The first-order chi connectivity index (χ1) is 7.58. The molecule has 0 fully saturated rings. The summed E-state index contributed by atoms with van der Waals surface area (Å²) in [4.78, 5) is 13.4. The highest BCUT2D eigenvalue weighted by molar-refractivity contribution is 7.71. The van der Waals surface area contributed by atoms with Crippen molar-refractivity contribution in [2.24, 2.45) is 0 Å². The molecule has 3 nitrogen and oxygen atoms in total. The Bertz CT molecular complexity index is 650. The lowest BCUT2D eigenvalue weighted by Crippen LogP contribution is -2.10. The summed E-state index contributed by atoms with van der Waals surface area (Å²) in [6.45, 7) is 0. The summed E-state index contributed by atoms with van der Waals surface area (Å²) in [5.74, 6) is -0.465. The molecule has 2 aromatic rings. The van der Waals surface area contributed by atoms with E-state index < -0.39 is 5.82 Å². The molecular formula is C10H6ClFN2OS. The van der Waals surface area contributed by atoms with E-state index in [9.17, 15) is 9.18 Å². The van der Waals surface area contributed by atoms with Gasteiger partial charge in [0.05, 0.1) is 5.69 Å². The summed E-state index contributed by atoms with van der Waals surface area (Å²) in [5, 5.41) is 0.393. The second-order valence-electron chi connectivity index (χ2n) is 3.08. The van der Waals surface area contributed by atoms with Crippen LogP contribution in [0.25, 0.3) is 5.69 Å². The summed E-state index contributed by atoms with van der Waals surface area (Å²) in [6.07, 6.45) is 1.40. The van der Waals surface area contributed by atoms with E-state index in [0.29, 0.717) is 5.02 Å². The van der Waals surface area contributed by atoms with Crippen LogP contribution in [0, 0.1) is 10.6 Å². The highest BCUT2D eigenvalue weighted by atomic mass is 35.5. The van der Waals surface area contributed by atoms with Gasteiger partial charge in [-0.25, -0.2) is 4.39 Å². The number of nitrogens with one attached hydrogen (secondary N) is 1. The van der Waals surface area contributed by atoms with Gasteiger partial charge in [-0.05, 0) is 30.4 Å². The Balaban J connectivity index is 2.72. The number of nitrogens with zero attached hydrogens (tertiary/aromatic N) is 1. The molecule has 0 aliphatic heterocycles. The smallest absolute Gasteiger partial charge is 0.251 e. The number of benzene rings is 1. The van der Waals surface area contributed by atoms with E-state index in [4.69, 9.17) is 23.8 Å². The van der Waals surface area contributed by atoms with Gasteiger partial charge in [-0.2, -0.15) is 0 Å². The van der Waals surface area contributed by atoms with Gasteiger partial charge in [0.25, 0.3) is 5.56 Å². The van der Waals surface area contributed by atoms with E-state index in [1.807, 2.05) is 0 Å². The summed E-state index contributed by atoms with van der Waals surface area (Å²) in [6, 6.07) is 5.38. The van der Waals surface area contributed by atoms with Gasteiger partial charge in [-0.3, -0.25) is 14.3 Å². The van der Waals surface area contributed by atoms with E-state index in [2.05, 4.69) is 4.98 Å². The van der Waals surface area contributed by atoms with Crippen LogP contribution in [0.15, 0.2) is 35.3 Å². The third kappa shape index (κ3) is 2.05. The predicted octanol–water partition coefficient (Wildman–Crippen LogP) is 2.69. The lowest BCUT2D eigenvalue weighted by Gasteiger charge is -2.07. The topological polar surface area (TPSA) is 37.8 Å². The van der Waals surface area contributed by atoms with Gasteiger partial charge in [0, 0.05) is 17.3 Å². The van der Waals surface area contributed by atoms with E-state index in [1.54, 1.807) is 0 Å². The van der Waals surface area contributed by atoms with Crippen molar-refractivity contribution < 1.29 is 4.39 Å². The molecule has 1 aromatic carbocycles. The van der Waals surface area contributed by atoms with E-state index in [-0.39, 0.29) is 16.0 Å². The molecule has 0 spiro atoms. The molecule has 0 aliphatic carbocycles. The summed E-state index contributed by atoms with van der Waals surface area (Å²) in [5.41, 5.74) is -0.127. The molecule has 6 heteroatoms. The van der Waals surface area contributed by atoms with Gasteiger partial charge in [-0.15, -0.1) is 0 Å². The Morgan fingerprint density at radius 2 is 2.12 bits per heavy atom. The minimum absolute atomic E-state index is 0.119. The molecule has 0 atom stereocenters. The van der Waals surface area contributed by atoms with Gasteiger partial charge in [0.2, 0.25) is 0 Å². The molecule has 0 radical (unpaired) electrons. The average Bonchev–Trinajstić information content (AvgIpc) is 2.22. The monoisotopic (exact) mass is 256 g/mol. The van der Waals surface area contributed by atoms with Crippen LogP contribution in [0.5, 0.6) is 0 Å². The Morgan fingerprint density at radius 3 is 2.81 bits per heavy atom. The van der Waals surface area contributed by atoms with Gasteiger partial charge < -0.3 is 0 Å². The lowest BCUT2D eigenvalue weighted by atomic mass is 10.3. The zero-order valence-corrected chi connectivity index (χ0v) is 9.48. The molecule has 0 bridgehead atoms. The maximum Gasteiger partial charge on any atom is 0.251 e. The summed E-state index contributed by atoms with van der Waals surface area (Å²) >= 11 is 10.7. The third-order valence-corrected chi connectivity index (χ3v) is 2.53. The molecule has 1 heterocycles. The number of aromatic nitrogens is 2. The minimum atomic E-state index is -0.465. The lowest BCUT2D eigenvalue weighted by molar-refractivity contribution is 0.616. The van der Waals surface area contributed by atoms with E-state index in [1.165, 1.54) is 35.0 Å². The number of H-pyrrole nitrogens is 1. The summed E-state index contributed by atoms with van der Waals surface area (Å²) < 4.78 is 15.0. The maximum atomic E-state index is 13.5. The van der Waals surface area contributed by atoms with Crippen LogP contribution >= 0.6 is 23.8 Å². The second kappa shape index (κ2) is 4.19. The van der Waals surface area contributed by atoms with Crippen molar-refractivity contribution in [2.75, 3.05) is 0 Å². The van der Waals surface area contributed by atoms with Crippen LogP contribution in [0.4, 0.5) is 4.39 Å². The Labute approximate surface area is 100 Å². The van der Waals surface area contributed by atoms with Crippen molar-refractivity contribution in [1.82, 2.24) is 9.55 Å². The van der Waals surface area contributed by atoms with Gasteiger partial charge in [-0.1, -0.05) is 11.6 Å². The van der Waals surface area contributed by atoms with E-state index in [0.717, 1.165) is 0 Å². The number of hydrogen-bond donors (Lipinski definition) is 1. The molecule has 0 aliphatic rings. The molecule has 16 heavy (non-hydrogen) atoms. The third-order valence-electron chi connectivity index (χ3n) is 1.99. The normalized spacial score (nSPS) is 10.4. The number of aromatic amines is 1. The highest BCUT2D eigenvalue weighted by Crippen LogP contribution is 2.18. The van der Waals surface area contributed by atoms with Crippen molar-refractivity contribution in [3.63, 3.8) is 0 Å². The first-order valence-electron chi connectivity index (χ1n) is 4.35. The molecule has 2 rings (SSSR count). The average molecular weight is 257 g/mol. The SMILES string of the molecule is O=c1ccn(-c2cc(Cl)ccc2F)c(=S)[nH]1. The highest BCUT2D eigenvalue weighted by Gasteiger charge is 2.05. The molecule has 0 unspecified atom stereocenters. The Morgan fingerprint density at radius 1 is 1.38 bits per heavy atom. The fourth-order valence-corrected chi connectivity index (χ4v) is 1.70. The molecule has 82 valence electrons. The molecule has 0 saturated heterocycles. The molecule has 0 saturated carbocycles. The van der Waals surface area contributed by atoms with E-state index >= 15 is 0 Å². The maximum absolute atomic E-state index is 13.5. The van der Waals surface area contributed by atoms with Crippen LogP contribution in [-0.2, 0) is 0 Å². The van der Waals surface area contributed by atoms with Crippen molar-refractivity contribution >= 4 is 23.8 Å². The molecule has 1 aromatic heterocycles. The predicted molar refractivity (Wildman–Crippen MR) is 62.2 cm³/mol. The van der Waals surface area contributed by atoms with Crippen LogP contribution in [0.3, 0.4) is 0 Å². The minimum Gasteiger partial charge on any atom is -0.299 e. The standard InChI is InChI=1S/C10H6ClFN2OS/c11-6-1-2-7(12)8(5-6)14-4-3-9(15)13-10(14)16/h1-5H,(H,13,15,16). The fraction of sp³-hybridized carbons (Fsp3) is 0. The van der Waals surface area contributed by atoms with Crippen molar-refractivity contribution in [3.8, 4) is 5.69 Å². The number of rotatable bonds is 1.